The van der Waals surface area contributed by atoms with E-state index in [-0.39, 0.29) is 16.8 Å². The summed E-state index contributed by atoms with van der Waals surface area (Å²) in [6, 6.07) is 5.31. The summed E-state index contributed by atoms with van der Waals surface area (Å²) in [6.07, 6.45) is -9.23. The molecule has 1 N–H and O–H groups in total. The van der Waals surface area contributed by atoms with Crippen molar-refractivity contribution < 1.29 is 36.2 Å². The van der Waals surface area contributed by atoms with E-state index in [1.54, 1.807) is 0 Å². The Balaban J connectivity index is 2.61. The number of hydrogen-bond acceptors (Lipinski definition) is 3. The number of rotatable bonds is 3. The summed E-state index contributed by atoms with van der Waals surface area (Å²) in [4.78, 5) is 3.47. The molecule has 1 heterocycles. The Morgan fingerprint density at radius 3 is 2.22 bits per heavy atom. The Morgan fingerprint density at radius 1 is 1.00 bits per heavy atom. The molecule has 1 aromatic heterocycles. The molecular formula is C14H9F6NO2. The van der Waals surface area contributed by atoms with Gasteiger partial charge in [-0.2, -0.15) is 13.2 Å². The van der Waals surface area contributed by atoms with E-state index in [4.69, 9.17) is 0 Å². The van der Waals surface area contributed by atoms with Crippen LogP contribution in [0, 0.1) is 0 Å². The molecule has 124 valence electrons. The van der Waals surface area contributed by atoms with Gasteiger partial charge in [0.25, 0.3) is 0 Å². The van der Waals surface area contributed by atoms with Crippen molar-refractivity contribution in [2.45, 2.75) is 19.1 Å². The molecule has 0 saturated heterocycles. The number of pyridine rings is 1. The minimum atomic E-state index is -5.01. The van der Waals surface area contributed by atoms with Crippen molar-refractivity contribution in [3.63, 3.8) is 0 Å². The second-order valence-electron chi connectivity index (χ2n) is 4.42. The van der Waals surface area contributed by atoms with Crippen LogP contribution in [0.15, 0.2) is 36.5 Å². The molecule has 9 heteroatoms. The van der Waals surface area contributed by atoms with Gasteiger partial charge in [0.05, 0.1) is 17.9 Å². The third-order valence-corrected chi connectivity index (χ3v) is 2.85. The van der Waals surface area contributed by atoms with Crippen molar-refractivity contribution in [3.05, 3.63) is 47.8 Å². The van der Waals surface area contributed by atoms with E-state index in [0.717, 1.165) is 12.1 Å². The van der Waals surface area contributed by atoms with E-state index in [0.29, 0.717) is 12.3 Å². The van der Waals surface area contributed by atoms with Gasteiger partial charge in [0, 0.05) is 17.3 Å². The van der Waals surface area contributed by atoms with E-state index in [2.05, 4.69) is 9.72 Å². The highest BCUT2D eigenvalue weighted by Gasteiger charge is 2.34. The van der Waals surface area contributed by atoms with Gasteiger partial charge < -0.3 is 9.84 Å². The van der Waals surface area contributed by atoms with E-state index in [1.165, 1.54) is 12.1 Å². The van der Waals surface area contributed by atoms with Crippen molar-refractivity contribution >= 4 is 0 Å². The maximum atomic E-state index is 12.8. The Hall–Kier alpha value is -2.29. The lowest BCUT2D eigenvalue weighted by Gasteiger charge is -2.16. The molecule has 1 aromatic carbocycles. The lowest BCUT2D eigenvalue weighted by Crippen LogP contribution is -2.17. The van der Waals surface area contributed by atoms with Gasteiger partial charge >= 0.3 is 12.5 Å². The second-order valence-corrected chi connectivity index (χ2v) is 4.42. The first-order chi connectivity index (χ1) is 10.6. The van der Waals surface area contributed by atoms with Crippen molar-refractivity contribution in [1.29, 1.82) is 0 Å². The normalized spacial score (nSPS) is 12.3. The highest BCUT2D eigenvalue weighted by atomic mass is 19.4. The van der Waals surface area contributed by atoms with E-state index < -0.39 is 30.5 Å². The van der Waals surface area contributed by atoms with Crippen LogP contribution in [0.3, 0.4) is 0 Å². The van der Waals surface area contributed by atoms with Gasteiger partial charge in [-0.25, -0.2) is 0 Å². The Kier molecular flexibility index (Phi) is 4.51. The highest BCUT2D eigenvalue weighted by Crippen LogP contribution is 2.38. The van der Waals surface area contributed by atoms with Gasteiger partial charge in [-0.3, -0.25) is 4.98 Å². The highest BCUT2D eigenvalue weighted by molar-refractivity contribution is 5.73. The Labute approximate surface area is 126 Å². The fraction of sp³-hybridized carbons (Fsp3) is 0.214. The number of halogens is 6. The molecule has 0 aliphatic carbocycles. The second kappa shape index (κ2) is 6.07. The fourth-order valence-electron chi connectivity index (χ4n) is 1.91. The average Bonchev–Trinajstić information content (AvgIpc) is 2.44. The standard InChI is InChI=1S/C14H9F6NO2/c15-13(16,17)8-5-10(11(7-22)21-6-8)9-3-1-2-4-12(9)23-14(18,19)20/h1-6,22H,7H2. The van der Waals surface area contributed by atoms with Crippen LogP contribution in [0.1, 0.15) is 11.3 Å². The van der Waals surface area contributed by atoms with Gasteiger partial charge in [-0.1, -0.05) is 18.2 Å². The summed E-state index contributed by atoms with van der Waals surface area (Å²) in [6.45, 7) is -0.742. The number of aliphatic hydroxyl groups excluding tert-OH is 1. The first-order valence-corrected chi connectivity index (χ1v) is 6.14. The van der Waals surface area contributed by atoms with Crippen LogP contribution < -0.4 is 4.74 Å². The molecule has 2 rings (SSSR count). The number of alkyl halides is 6. The van der Waals surface area contributed by atoms with E-state index in [1.807, 2.05) is 0 Å². The molecule has 0 radical (unpaired) electrons. The maximum Gasteiger partial charge on any atom is 0.573 e. The molecule has 3 nitrogen and oxygen atoms in total. The molecule has 0 bridgehead atoms. The van der Waals surface area contributed by atoms with Crippen molar-refractivity contribution in [2.24, 2.45) is 0 Å². The zero-order valence-corrected chi connectivity index (χ0v) is 11.2. The predicted molar refractivity (Wildman–Crippen MR) is 67.3 cm³/mol. The van der Waals surface area contributed by atoms with Crippen LogP contribution in [-0.4, -0.2) is 16.5 Å². The first-order valence-electron chi connectivity index (χ1n) is 6.14. The lowest BCUT2D eigenvalue weighted by molar-refractivity contribution is -0.274. The molecule has 0 spiro atoms. The van der Waals surface area contributed by atoms with Gasteiger partial charge in [0.15, 0.2) is 0 Å². The van der Waals surface area contributed by atoms with Crippen molar-refractivity contribution in [2.75, 3.05) is 0 Å². The zero-order valence-electron chi connectivity index (χ0n) is 11.2. The molecule has 2 aromatic rings. The van der Waals surface area contributed by atoms with Gasteiger partial charge in [0.2, 0.25) is 0 Å². The first kappa shape index (κ1) is 17.1. The van der Waals surface area contributed by atoms with Crippen LogP contribution in [0.25, 0.3) is 11.1 Å². The third-order valence-electron chi connectivity index (χ3n) is 2.85. The largest absolute Gasteiger partial charge is 0.573 e. The molecule has 0 fully saturated rings. The monoisotopic (exact) mass is 337 g/mol. The quantitative estimate of drug-likeness (QED) is 0.856. The predicted octanol–water partition coefficient (Wildman–Crippen LogP) is 4.16. The maximum absolute atomic E-state index is 12.8. The number of ether oxygens (including phenoxy) is 1. The molecule has 0 aliphatic heterocycles. The summed E-state index contributed by atoms with van der Waals surface area (Å²) in [5, 5.41) is 9.19. The lowest BCUT2D eigenvalue weighted by atomic mass is 10.0. The molecule has 23 heavy (non-hydrogen) atoms. The van der Waals surface area contributed by atoms with Crippen molar-refractivity contribution in [1.82, 2.24) is 4.98 Å². The van der Waals surface area contributed by atoms with Crippen LogP contribution >= 0.6 is 0 Å². The van der Waals surface area contributed by atoms with Gasteiger partial charge in [-0.15, -0.1) is 13.2 Å². The number of nitrogens with zero attached hydrogens (tertiary/aromatic N) is 1. The number of aliphatic hydroxyl groups is 1. The van der Waals surface area contributed by atoms with Crippen LogP contribution in [0.5, 0.6) is 5.75 Å². The summed E-state index contributed by atoms with van der Waals surface area (Å²) in [5.74, 6) is -0.684. The number of para-hydroxylation sites is 1. The Bertz CT molecular complexity index is 696. The molecule has 0 unspecified atom stereocenters. The molecule has 0 atom stereocenters. The summed E-state index contributed by atoms with van der Waals surface area (Å²) in [5.41, 5.74) is -1.89. The topological polar surface area (TPSA) is 42.4 Å². The number of aromatic nitrogens is 1. The molecular weight excluding hydrogens is 328 g/mol. The number of benzene rings is 1. The summed E-state index contributed by atoms with van der Waals surface area (Å²) in [7, 11) is 0. The van der Waals surface area contributed by atoms with Gasteiger partial charge in [0.1, 0.15) is 5.75 Å². The molecule has 0 aliphatic rings. The van der Waals surface area contributed by atoms with Crippen LogP contribution in [0.4, 0.5) is 26.3 Å². The minimum absolute atomic E-state index is 0.198. The minimum Gasteiger partial charge on any atom is -0.405 e. The smallest absolute Gasteiger partial charge is 0.405 e. The fourth-order valence-corrected chi connectivity index (χ4v) is 1.91. The van der Waals surface area contributed by atoms with Crippen molar-refractivity contribution in [3.8, 4) is 16.9 Å². The van der Waals surface area contributed by atoms with Gasteiger partial charge in [-0.05, 0) is 12.1 Å². The SMILES string of the molecule is OCc1ncc(C(F)(F)F)cc1-c1ccccc1OC(F)(F)F. The van der Waals surface area contributed by atoms with Crippen LogP contribution in [0.2, 0.25) is 0 Å². The summed E-state index contributed by atoms with van der Waals surface area (Å²) >= 11 is 0. The third kappa shape index (κ3) is 4.13. The van der Waals surface area contributed by atoms with Crippen LogP contribution in [-0.2, 0) is 12.8 Å². The van der Waals surface area contributed by atoms with E-state index >= 15 is 0 Å². The molecule has 0 amide bonds. The zero-order chi connectivity index (χ0) is 17.3. The number of hydrogen-bond donors (Lipinski definition) is 1. The average molecular weight is 337 g/mol. The summed E-state index contributed by atoms with van der Waals surface area (Å²) < 4.78 is 79.4. The molecule has 0 saturated carbocycles. The Morgan fingerprint density at radius 2 is 1.65 bits per heavy atom. The van der Waals surface area contributed by atoms with E-state index in [9.17, 15) is 31.4 Å².